The van der Waals surface area contributed by atoms with E-state index < -0.39 is 75.7 Å². The van der Waals surface area contributed by atoms with Crippen molar-refractivity contribution in [3.63, 3.8) is 0 Å². The summed E-state index contributed by atoms with van der Waals surface area (Å²) in [5.74, 6) is -1.09. The number of carbonyl (C=O) groups excluding carboxylic acids is 2. The van der Waals surface area contributed by atoms with Crippen LogP contribution in [0.1, 0.15) is 245 Å². The number of phosphoric ester groups is 1. The largest absolute Gasteiger partial charge is 0.472 e. The zero-order valence-electron chi connectivity index (χ0n) is 41.1. The quantitative estimate of drug-likeness (QED) is 0.0145. The summed E-state index contributed by atoms with van der Waals surface area (Å²) in [6, 6.07) is 0. The maximum atomic E-state index is 12.9. The van der Waals surface area contributed by atoms with Gasteiger partial charge in [0.2, 0.25) is 0 Å². The Balaban J connectivity index is 2.38. The van der Waals surface area contributed by atoms with Crippen LogP contribution in [0.15, 0.2) is 12.2 Å². The first-order valence-corrected chi connectivity index (χ1v) is 28.0. The second-order valence-corrected chi connectivity index (χ2v) is 20.1. The molecular weight excluding hydrogens is 852 g/mol. The van der Waals surface area contributed by atoms with Crippen LogP contribution in [-0.2, 0) is 32.7 Å². The lowest BCUT2D eigenvalue weighted by molar-refractivity contribution is -0.220. The van der Waals surface area contributed by atoms with Crippen LogP contribution in [0, 0.1) is 0 Å². The van der Waals surface area contributed by atoms with Gasteiger partial charge in [-0.1, -0.05) is 206 Å². The Hall–Kier alpha value is -1.41. The summed E-state index contributed by atoms with van der Waals surface area (Å²) in [4.78, 5) is 35.8. The fourth-order valence-electron chi connectivity index (χ4n) is 8.34. The highest BCUT2D eigenvalue weighted by Gasteiger charge is 2.51. The van der Waals surface area contributed by atoms with Crippen molar-refractivity contribution in [2.24, 2.45) is 0 Å². The number of aliphatic hydroxyl groups is 5. The minimum Gasteiger partial charge on any atom is -0.462 e. The zero-order chi connectivity index (χ0) is 47.8. The van der Waals surface area contributed by atoms with E-state index in [9.17, 15) is 44.6 Å². The average molecular weight is 949 g/mol. The molecule has 6 unspecified atom stereocenters. The van der Waals surface area contributed by atoms with Crippen LogP contribution >= 0.6 is 7.82 Å². The third-order valence-corrected chi connectivity index (χ3v) is 13.6. The van der Waals surface area contributed by atoms with Gasteiger partial charge in [-0.05, 0) is 38.5 Å². The van der Waals surface area contributed by atoms with Crippen molar-refractivity contribution in [2.45, 2.75) is 288 Å². The maximum Gasteiger partial charge on any atom is 0.472 e. The summed E-state index contributed by atoms with van der Waals surface area (Å²) in [6.07, 6.45) is 32.5. The third-order valence-electron chi connectivity index (χ3n) is 12.6. The highest BCUT2D eigenvalue weighted by Crippen LogP contribution is 2.47. The van der Waals surface area contributed by atoms with E-state index in [1.54, 1.807) is 0 Å². The summed E-state index contributed by atoms with van der Waals surface area (Å²) in [5.41, 5.74) is 0. The van der Waals surface area contributed by atoms with Gasteiger partial charge in [0.1, 0.15) is 43.2 Å². The smallest absolute Gasteiger partial charge is 0.462 e. The Morgan fingerprint density at radius 2 is 0.785 bits per heavy atom. The van der Waals surface area contributed by atoms with Crippen molar-refractivity contribution in [3.05, 3.63) is 12.2 Å². The molecular formula is C51H97O13P. The molecule has 0 aromatic heterocycles. The lowest BCUT2D eigenvalue weighted by atomic mass is 9.85. The average Bonchev–Trinajstić information content (AvgIpc) is 3.29. The lowest BCUT2D eigenvalue weighted by Gasteiger charge is -2.41. The summed E-state index contributed by atoms with van der Waals surface area (Å²) in [5, 5.41) is 50.3. The SMILES string of the molecule is CCCCCCCC/C=C\CCCCCCCCCC(=O)OC[C@H](COP(=O)(O)OC1C(O)C(O)C(O)[C@@H](O)C1O)OC(=O)CCCCCCCCCCCCCCCCCCCCC. The molecule has 1 saturated carbocycles. The second kappa shape index (κ2) is 41.6. The lowest BCUT2D eigenvalue weighted by Crippen LogP contribution is -2.64. The van der Waals surface area contributed by atoms with E-state index >= 15 is 0 Å². The van der Waals surface area contributed by atoms with Crippen molar-refractivity contribution in [2.75, 3.05) is 13.2 Å². The molecule has 0 radical (unpaired) electrons. The second-order valence-electron chi connectivity index (χ2n) is 18.7. The van der Waals surface area contributed by atoms with Gasteiger partial charge >= 0.3 is 19.8 Å². The van der Waals surface area contributed by atoms with Gasteiger partial charge in [0, 0.05) is 12.8 Å². The highest BCUT2D eigenvalue weighted by atomic mass is 31.2. The Kier molecular flexibility index (Phi) is 39.4. The molecule has 0 aromatic rings. The Labute approximate surface area is 394 Å². The Morgan fingerprint density at radius 1 is 0.462 bits per heavy atom. The molecule has 0 amide bonds. The maximum absolute atomic E-state index is 12.9. The van der Waals surface area contributed by atoms with Gasteiger partial charge in [0.15, 0.2) is 6.10 Å². The molecule has 384 valence electrons. The van der Waals surface area contributed by atoms with Crippen LogP contribution in [0.3, 0.4) is 0 Å². The minimum atomic E-state index is -5.12. The molecule has 13 nitrogen and oxygen atoms in total. The molecule has 0 spiro atoms. The third kappa shape index (κ3) is 33.7. The van der Waals surface area contributed by atoms with Crippen LogP contribution in [0.25, 0.3) is 0 Å². The molecule has 1 rings (SSSR count). The number of hydrogen-bond acceptors (Lipinski definition) is 12. The van der Waals surface area contributed by atoms with Crippen LogP contribution in [0.4, 0.5) is 0 Å². The summed E-state index contributed by atoms with van der Waals surface area (Å²) < 4.78 is 33.7. The molecule has 0 saturated heterocycles. The van der Waals surface area contributed by atoms with Crippen molar-refractivity contribution >= 4 is 19.8 Å². The topological polar surface area (TPSA) is 210 Å². The van der Waals surface area contributed by atoms with E-state index in [1.807, 2.05) is 0 Å². The summed E-state index contributed by atoms with van der Waals surface area (Å²) in [6.45, 7) is 3.34. The first-order valence-electron chi connectivity index (χ1n) is 26.5. The number of carbonyl (C=O) groups is 2. The standard InChI is InChI=1S/C51H97O13P/c1-3-5-7-9-11-13-15-17-19-21-22-24-26-28-30-32-34-36-38-40-45(53)63-43(42-62-65(59,60)64-51-49(57)47(55)46(54)48(56)50(51)58)41-61-44(52)39-37-35-33-31-29-27-25-23-20-18-16-14-12-10-8-6-4-2/h18,20,43,46-51,54-58H,3-17,19,21-42H2,1-2H3,(H,59,60)/b20-18-/t43-,46?,47-,48?,49?,50?,51?/m1/s1. The molecule has 65 heavy (non-hydrogen) atoms. The van der Waals surface area contributed by atoms with E-state index in [2.05, 4.69) is 26.0 Å². The van der Waals surface area contributed by atoms with Gasteiger partial charge in [-0.3, -0.25) is 18.6 Å². The molecule has 1 fully saturated rings. The molecule has 0 aromatic carbocycles. The zero-order valence-corrected chi connectivity index (χ0v) is 41.9. The van der Waals surface area contributed by atoms with Gasteiger partial charge in [0.05, 0.1) is 6.61 Å². The van der Waals surface area contributed by atoms with Crippen LogP contribution < -0.4 is 0 Å². The molecule has 0 aliphatic heterocycles. The van der Waals surface area contributed by atoms with Crippen molar-refractivity contribution in [1.29, 1.82) is 0 Å². The molecule has 14 heteroatoms. The number of phosphoric acid groups is 1. The Bertz CT molecular complexity index is 1190. The number of aliphatic hydroxyl groups excluding tert-OH is 5. The van der Waals surface area contributed by atoms with E-state index in [1.165, 1.54) is 154 Å². The van der Waals surface area contributed by atoms with E-state index in [4.69, 9.17) is 18.5 Å². The number of unbranched alkanes of at least 4 members (excludes halogenated alkanes) is 31. The van der Waals surface area contributed by atoms with Crippen molar-refractivity contribution < 1.29 is 63.1 Å². The van der Waals surface area contributed by atoms with E-state index in [0.29, 0.717) is 12.8 Å². The number of ether oxygens (including phenoxy) is 2. The molecule has 1 aliphatic carbocycles. The van der Waals surface area contributed by atoms with Crippen LogP contribution in [0.5, 0.6) is 0 Å². The van der Waals surface area contributed by atoms with E-state index in [-0.39, 0.29) is 12.8 Å². The first-order chi connectivity index (χ1) is 31.4. The van der Waals surface area contributed by atoms with Gasteiger partial charge in [0.25, 0.3) is 0 Å². The fraction of sp³-hybridized carbons (Fsp3) is 0.922. The van der Waals surface area contributed by atoms with Crippen molar-refractivity contribution in [1.82, 2.24) is 0 Å². The fourth-order valence-corrected chi connectivity index (χ4v) is 9.32. The molecule has 6 N–H and O–H groups in total. The molecule has 1 aliphatic rings. The van der Waals surface area contributed by atoms with E-state index in [0.717, 1.165) is 51.4 Å². The highest BCUT2D eigenvalue weighted by molar-refractivity contribution is 7.47. The normalized spacial score (nSPS) is 21.4. The van der Waals surface area contributed by atoms with Gasteiger partial charge in [-0.2, -0.15) is 0 Å². The number of hydrogen-bond donors (Lipinski definition) is 6. The molecule has 0 bridgehead atoms. The van der Waals surface area contributed by atoms with Crippen LogP contribution in [0.2, 0.25) is 0 Å². The summed E-state index contributed by atoms with van der Waals surface area (Å²) >= 11 is 0. The first kappa shape index (κ1) is 61.6. The van der Waals surface area contributed by atoms with Crippen molar-refractivity contribution in [3.8, 4) is 0 Å². The Morgan fingerprint density at radius 3 is 1.17 bits per heavy atom. The van der Waals surface area contributed by atoms with Gasteiger partial charge < -0.3 is 39.9 Å². The van der Waals surface area contributed by atoms with Gasteiger partial charge in [-0.15, -0.1) is 0 Å². The monoisotopic (exact) mass is 949 g/mol. The predicted molar refractivity (Wildman–Crippen MR) is 258 cm³/mol. The summed E-state index contributed by atoms with van der Waals surface area (Å²) in [7, 11) is -5.12. The molecule has 0 heterocycles. The number of rotatable bonds is 45. The van der Waals surface area contributed by atoms with Crippen LogP contribution in [-0.4, -0.2) is 98.3 Å². The predicted octanol–water partition coefficient (Wildman–Crippen LogP) is 11.4. The van der Waals surface area contributed by atoms with Gasteiger partial charge in [-0.25, -0.2) is 4.57 Å². The minimum absolute atomic E-state index is 0.102. The molecule has 8 atom stereocenters. The number of esters is 2. The number of allylic oxidation sites excluding steroid dienone is 2.